The molecule has 4 rings (SSSR count). The van der Waals surface area contributed by atoms with Crippen molar-refractivity contribution >= 4 is 22.9 Å². The molecule has 6 nitrogen and oxygen atoms in total. The molecule has 7 heteroatoms. The number of hydrogen-bond acceptors (Lipinski definition) is 5. The van der Waals surface area contributed by atoms with Crippen LogP contribution in [-0.4, -0.2) is 43.5 Å². The highest BCUT2D eigenvalue weighted by atomic mass is 32.1. The van der Waals surface area contributed by atoms with Gasteiger partial charge in [-0.1, -0.05) is 0 Å². The first-order valence-corrected chi connectivity index (χ1v) is 9.43. The molecule has 1 amide bonds. The minimum Gasteiger partial charge on any atom is -0.342 e. The van der Waals surface area contributed by atoms with Gasteiger partial charge in [0, 0.05) is 41.8 Å². The fraction of sp³-hybridized carbons (Fsp3) is 0.444. The number of rotatable bonds is 3. The Kier molecular flexibility index (Phi) is 4.25. The molecule has 1 aliphatic rings. The first kappa shape index (κ1) is 16.2. The van der Waals surface area contributed by atoms with E-state index in [4.69, 9.17) is 4.98 Å². The average molecular weight is 355 g/mol. The van der Waals surface area contributed by atoms with Gasteiger partial charge >= 0.3 is 0 Å². The third-order valence-electron chi connectivity index (χ3n) is 4.86. The molecular weight excluding hydrogens is 334 g/mol. The molecule has 1 fully saturated rings. The first-order chi connectivity index (χ1) is 12.1. The number of thiazole rings is 1. The van der Waals surface area contributed by atoms with Gasteiger partial charge in [0.1, 0.15) is 0 Å². The molecule has 0 saturated carbocycles. The molecule has 1 saturated heterocycles. The van der Waals surface area contributed by atoms with E-state index in [2.05, 4.69) is 10.1 Å². The van der Waals surface area contributed by atoms with Crippen LogP contribution in [0.3, 0.4) is 0 Å². The van der Waals surface area contributed by atoms with Gasteiger partial charge in [0.2, 0.25) is 5.91 Å². The Hall–Kier alpha value is -2.28. The highest BCUT2D eigenvalue weighted by molar-refractivity contribution is 7.11. The highest BCUT2D eigenvalue weighted by Gasteiger charge is 2.25. The quantitative estimate of drug-likeness (QED) is 0.725. The Morgan fingerprint density at radius 3 is 2.76 bits per heavy atom. The van der Waals surface area contributed by atoms with E-state index in [0.717, 1.165) is 52.9 Å². The summed E-state index contributed by atoms with van der Waals surface area (Å²) in [6.07, 6.45) is 6.12. The summed E-state index contributed by atoms with van der Waals surface area (Å²) in [6, 6.07) is 3.97. The third-order valence-corrected chi connectivity index (χ3v) is 5.93. The van der Waals surface area contributed by atoms with Crippen LogP contribution < -0.4 is 0 Å². The van der Waals surface area contributed by atoms with Gasteiger partial charge in [0.15, 0.2) is 5.65 Å². The maximum atomic E-state index is 12.6. The average Bonchev–Trinajstić information content (AvgIpc) is 3.20. The van der Waals surface area contributed by atoms with Crippen molar-refractivity contribution < 1.29 is 4.79 Å². The van der Waals surface area contributed by atoms with E-state index in [-0.39, 0.29) is 5.91 Å². The maximum Gasteiger partial charge on any atom is 0.227 e. The molecule has 1 aliphatic heterocycles. The summed E-state index contributed by atoms with van der Waals surface area (Å²) in [7, 11) is 0. The van der Waals surface area contributed by atoms with Crippen molar-refractivity contribution in [3.05, 3.63) is 45.8 Å². The minimum absolute atomic E-state index is 0.212. The van der Waals surface area contributed by atoms with Crippen molar-refractivity contribution in [3.63, 3.8) is 0 Å². The molecule has 0 aliphatic carbocycles. The van der Waals surface area contributed by atoms with E-state index in [1.807, 2.05) is 37.1 Å². The lowest BCUT2D eigenvalue weighted by atomic mass is 9.93. The second kappa shape index (κ2) is 6.55. The summed E-state index contributed by atoms with van der Waals surface area (Å²) < 4.78 is 1.78. The molecule has 3 aromatic heterocycles. The molecule has 3 aromatic rings. The van der Waals surface area contributed by atoms with Crippen molar-refractivity contribution in [2.24, 2.45) is 0 Å². The number of nitrogens with zero attached hydrogens (tertiary/aromatic N) is 5. The SMILES string of the molecule is Cc1nc(C)c(CC(=O)N2CCC(c3ccn4nccc4n3)CC2)s1. The summed E-state index contributed by atoms with van der Waals surface area (Å²) in [4.78, 5) is 24.8. The van der Waals surface area contributed by atoms with Gasteiger partial charge in [-0.2, -0.15) is 5.10 Å². The number of aryl methyl sites for hydroxylation is 2. The lowest BCUT2D eigenvalue weighted by molar-refractivity contribution is -0.131. The van der Waals surface area contributed by atoms with Crippen LogP contribution in [0, 0.1) is 13.8 Å². The fourth-order valence-corrected chi connectivity index (χ4v) is 4.39. The standard InChI is InChI=1S/C18H21N5OS/c1-12-16(25-13(2)20-12)11-18(24)22-8-4-14(5-9-22)15-6-10-23-17(21-15)3-7-19-23/h3,6-7,10,14H,4-5,8-9,11H2,1-2H3. The topological polar surface area (TPSA) is 63.4 Å². The summed E-state index contributed by atoms with van der Waals surface area (Å²) in [5.74, 6) is 0.626. The molecule has 4 heterocycles. The molecule has 0 N–H and O–H groups in total. The second-order valence-electron chi connectivity index (χ2n) is 6.56. The largest absolute Gasteiger partial charge is 0.342 e. The van der Waals surface area contributed by atoms with Gasteiger partial charge in [0.05, 0.1) is 23.3 Å². The molecule has 0 atom stereocenters. The number of likely N-dealkylation sites (tertiary alicyclic amines) is 1. The normalized spacial score (nSPS) is 15.8. The van der Waals surface area contributed by atoms with Crippen LogP contribution >= 0.6 is 11.3 Å². The van der Waals surface area contributed by atoms with Crippen LogP contribution in [0.15, 0.2) is 24.5 Å². The number of aromatic nitrogens is 4. The van der Waals surface area contributed by atoms with Crippen molar-refractivity contribution in [3.8, 4) is 0 Å². The Morgan fingerprint density at radius 1 is 1.24 bits per heavy atom. The van der Waals surface area contributed by atoms with E-state index >= 15 is 0 Å². The van der Waals surface area contributed by atoms with Gasteiger partial charge in [0.25, 0.3) is 0 Å². The van der Waals surface area contributed by atoms with E-state index in [1.165, 1.54) is 0 Å². The Labute approximate surface area is 150 Å². The van der Waals surface area contributed by atoms with Gasteiger partial charge in [-0.3, -0.25) is 4.79 Å². The number of hydrogen-bond donors (Lipinski definition) is 0. The maximum absolute atomic E-state index is 12.6. The molecule has 0 unspecified atom stereocenters. The number of carbonyl (C=O) groups excluding carboxylic acids is 1. The molecule has 0 radical (unpaired) electrons. The van der Waals surface area contributed by atoms with Crippen molar-refractivity contribution in [1.82, 2.24) is 24.5 Å². The molecular formula is C18H21N5OS. The van der Waals surface area contributed by atoms with Gasteiger partial charge < -0.3 is 4.90 Å². The molecule has 0 spiro atoms. The predicted molar refractivity (Wildman–Crippen MR) is 96.8 cm³/mol. The molecule has 0 bridgehead atoms. The van der Waals surface area contributed by atoms with E-state index < -0.39 is 0 Å². The molecule has 0 aromatic carbocycles. The van der Waals surface area contributed by atoms with Crippen molar-refractivity contribution in [2.75, 3.05) is 13.1 Å². The predicted octanol–water partition coefficient (Wildman–Crippen LogP) is 2.75. The Bertz CT molecular complexity index is 907. The van der Waals surface area contributed by atoms with Crippen LogP contribution in [-0.2, 0) is 11.2 Å². The Balaban J connectivity index is 1.39. The molecule has 130 valence electrons. The Morgan fingerprint density at radius 2 is 2.04 bits per heavy atom. The summed E-state index contributed by atoms with van der Waals surface area (Å²) in [5.41, 5.74) is 2.98. The van der Waals surface area contributed by atoms with Gasteiger partial charge in [-0.05, 0) is 32.8 Å². The third kappa shape index (κ3) is 3.28. The summed E-state index contributed by atoms with van der Waals surface area (Å²) in [6.45, 7) is 5.57. The first-order valence-electron chi connectivity index (χ1n) is 8.61. The zero-order valence-corrected chi connectivity index (χ0v) is 15.3. The van der Waals surface area contributed by atoms with Gasteiger partial charge in [-0.15, -0.1) is 11.3 Å². The zero-order valence-electron chi connectivity index (χ0n) is 14.5. The van der Waals surface area contributed by atoms with Crippen LogP contribution in [0.5, 0.6) is 0 Å². The van der Waals surface area contributed by atoms with E-state index in [1.54, 1.807) is 22.0 Å². The van der Waals surface area contributed by atoms with Crippen molar-refractivity contribution in [1.29, 1.82) is 0 Å². The van der Waals surface area contributed by atoms with Crippen LogP contribution in [0.1, 0.15) is 40.0 Å². The number of fused-ring (bicyclic) bond motifs is 1. The van der Waals surface area contributed by atoms with Crippen molar-refractivity contribution in [2.45, 2.75) is 39.0 Å². The fourth-order valence-electron chi connectivity index (χ4n) is 3.47. The number of amides is 1. The number of carbonyl (C=O) groups is 1. The van der Waals surface area contributed by atoms with Crippen LogP contribution in [0.25, 0.3) is 5.65 Å². The molecule has 25 heavy (non-hydrogen) atoms. The highest BCUT2D eigenvalue weighted by Crippen LogP contribution is 2.28. The van der Waals surface area contributed by atoms with Crippen LogP contribution in [0.2, 0.25) is 0 Å². The zero-order chi connectivity index (χ0) is 17.4. The second-order valence-corrected chi connectivity index (χ2v) is 7.85. The lowest BCUT2D eigenvalue weighted by Gasteiger charge is -2.31. The number of piperidine rings is 1. The van der Waals surface area contributed by atoms with E-state index in [9.17, 15) is 4.79 Å². The summed E-state index contributed by atoms with van der Waals surface area (Å²) in [5, 5.41) is 5.21. The van der Waals surface area contributed by atoms with Gasteiger partial charge in [-0.25, -0.2) is 14.5 Å². The monoisotopic (exact) mass is 355 g/mol. The van der Waals surface area contributed by atoms with E-state index in [0.29, 0.717) is 12.3 Å². The lowest BCUT2D eigenvalue weighted by Crippen LogP contribution is -2.38. The smallest absolute Gasteiger partial charge is 0.227 e. The van der Waals surface area contributed by atoms with Crippen LogP contribution in [0.4, 0.5) is 0 Å². The summed E-state index contributed by atoms with van der Waals surface area (Å²) >= 11 is 1.63. The minimum atomic E-state index is 0.212.